The molecule has 0 aliphatic heterocycles. The quantitative estimate of drug-likeness (QED) is 0.364. The molecule has 0 fully saturated rings. The van der Waals surface area contributed by atoms with Crippen molar-refractivity contribution in [2.24, 2.45) is 4.99 Å². The molecule has 1 atom stereocenters. The molecule has 0 spiro atoms. The van der Waals surface area contributed by atoms with Crippen LogP contribution in [0.2, 0.25) is 0 Å². The van der Waals surface area contributed by atoms with Crippen molar-refractivity contribution in [1.82, 2.24) is 10.6 Å². The average Bonchev–Trinajstić information content (AvgIpc) is 2.70. The van der Waals surface area contributed by atoms with Gasteiger partial charge in [0.15, 0.2) is 15.8 Å². The summed E-state index contributed by atoms with van der Waals surface area (Å²) >= 11 is 0. The van der Waals surface area contributed by atoms with E-state index in [0.29, 0.717) is 25.4 Å². The topological polar surface area (TPSA) is 70.6 Å². The van der Waals surface area contributed by atoms with Gasteiger partial charge in [-0.25, -0.2) is 8.42 Å². The number of hydrogen-bond acceptors (Lipinski definition) is 3. The molecule has 1 unspecified atom stereocenters. The predicted molar refractivity (Wildman–Crippen MR) is 117 cm³/mol. The fourth-order valence-electron chi connectivity index (χ4n) is 2.86. The maximum atomic E-state index is 12.3. The lowest BCUT2D eigenvalue weighted by atomic mass is 10.0. The largest absolute Gasteiger partial charge is 0.357 e. The van der Waals surface area contributed by atoms with Crippen molar-refractivity contribution in [1.29, 1.82) is 0 Å². The molecule has 6 heteroatoms. The molecule has 28 heavy (non-hydrogen) atoms. The van der Waals surface area contributed by atoms with Crippen LogP contribution in [0.3, 0.4) is 0 Å². The van der Waals surface area contributed by atoms with Crippen LogP contribution in [-0.4, -0.2) is 39.8 Å². The molecule has 0 bridgehead atoms. The standard InChI is InChI=1S/C22H31N3O2S/c1-3-23-22(25-17-19(2)21-13-8-5-9-14-21)24-15-10-16-28(26,27)18-20-11-6-4-7-12-20/h4-9,11-14,19H,3,10,15-18H2,1-2H3,(H2,23,24,25). The highest BCUT2D eigenvalue weighted by molar-refractivity contribution is 7.90. The first-order chi connectivity index (χ1) is 13.5. The van der Waals surface area contributed by atoms with Gasteiger partial charge < -0.3 is 10.6 Å². The van der Waals surface area contributed by atoms with Crippen molar-refractivity contribution >= 4 is 15.8 Å². The third-order valence-electron chi connectivity index (χ3n) is 4.39. The van der Waals surface area contributed by atoms with Gasteiger partial charge in [-0.05, 0) is 24.5 Å². The molecule has 2 aromatic rings. The first kappa shape index (κ1) is 22.0. The van der Waals surface area contributed by atoms with E-state index >= 15 is 0 Å². The Bertz CT molecular complexity index is 821. The molecule has 0 heterocycles. The second-order valence-corrected chi connectivity index (χ2v) is 9.07. The van der Waals surface area contributed by atoms with E-state index in [2.05, 4.69) is 34.7 Å². The van der Waals surface area contributed by atoms with Gasteiger partial charge in [0.25, 0.3) is 0 Å². The third kappa shape index (κ3) is 8.13. The summed E-state index contributed by atoms with van der Waals surface area (Å²) in [5, 5.41) is 6.45. The van der Waals surface area contributed by atoms with Crippen molar-refractivity contribution in [2.75, 3.05) is 25.4 Å². The molecule has 2 N–H and O–H groups in total. The second-order valence-electron chi connectivity index (χ2n) is 6.89. The van der Waals surface area contributed by atoms with Gasteiger partial charge in [0.1, 0.15) is 0 Å². The van der Waals surface area contributed by atoms with Crippen molar-refractivity contribution < 1.29 is 8.42 Å². The van der Waals surface area contributed by atoms with Gasteiger partial charge in [0.05, 0.1) is 11.5 Å². The summed E-state index contributed by atoms with van der Waals surface area (Å²) < 4.78 is 24.5. The second kappa shape index (κ2) is 11.5. The van der Waals surface area contributed by atoms with Gasteiger partial charge in [-0.1, -0.05) is 67.6 Å². The third-order valence-corrected chi connectivity index (χ3v) is 6.07. The number of rotatable bonds is 10. The molecule has 0 aliphatic carbocycles. The maximum absolute atomic E-state index is 12.3. The molecular formula is C22H31N3O2S. The average molecular weight is 402 g/mol. The zero-order valence-electron chi connectivity index (χ0n) is 16.8. The van der Waals surface area contributed by atoms with Crippen molar-refractivity contribution in [2.45, 2.75) is 31.9 Å². The Morgan fingerprint density at radius 1 is 1.00 bits per heavy atom. The number of nitrogens with one attached hydrogen (secondary N) is 2. The van der Waals surface area contributed by atoms with Crippen LogP contribution < -0.4 is 10.6 Å². The van der Waals surface area contributed by atoms with E-state index in [0.717, 1.165) is 18.1 Å². The smallest absolute Gasteiger partial charge is 0.191 e. The zero-order valence-corrected chi connectivity index (χ0v) is 17.6. The molecule has 152 valence electrons. The SMILES string of the molecule is CCNC(=NCC(C)c1ccccc1)NCCCS(=O)(=O)Cc1ccccc1. The summed E-state index contributed by atoms with van der Waals surface area (Å²) in [6.45, 7) is 6.17. The van der Waals surface area contributed by atoms with Crippen LogP contribution in [0.1, 0.15) is 37.3 Å². The molecule has 5 nitrogen and oxygen atoms in total. The molecule has 2 aromatic carbocycles. The lowest BCUT2D eigenvalue weighted by molar-refractivity contribution is 0.591. The minimum absolute atomic E-state index is 0.0938. The van der Waals surface area contributed by atoms with Gasteiger partial charge in [0, 0.05) is 25.6 Å². The summed E-state index contributed by atoms with van der Waals surface area (Å²) in [6.07, 6.45) is 0.549. The summed E-state index contributed by atoms with van der Waals surface area (Å²) in [6, 6.07) is 19.6. The van der Waals surface area contributed by atoms with Crippen molar-refractivity contribution in [3.8, 4) is 0 Å². The summed E-state index contributed by atoms with van der Waals surface area (Å²) in [7, 11) is -3.11. The van der Waals surface area contributed by atoms with E-state index < -0.39 is 9.84 Å². The minimum atomic E-state index is -3.11. The fourth-order valence-corrected chi connectivity index (χ4v) is 4.28. The Balaban J connectivity index is 1.79. The van der Waals surface area contributed by atoms with Crippen LogP contribution in [0, 0.1) is 0 Å². The Hall–Kier alpha value is -2.34. The molecule has 0 amide bonds. The molecule has 2 rings (SSSR count). The Labute approximate surface area is 169 Å². The van der Waals surface area contributed by atoms with Crippen LogP contribution in [0.15, 0.2) is 65.7 Å². The summed E-state index contributed by atoms with van der Waals surface area (Å²) in [5.41, 5.74) is 2.09. The lowest BCUT2D eigenvalue weighted by Crippen LogP contribution is -2.38. The van der Waals surface area contributed by atoms with Crippen molar-refractivity contribution in [3.63, 3.8) is 0 Å². The van der Waals surface area contributed by atoms with Gasteiger partial charge in [0.2, 0.25) is 0 Å². The highest BCUT2D eigenvalue weighted by Gasteiger charge is 2.11. The Morgan fingerprint density at radius 2 is 1.64 bits per heavy atom. The molecule has 0 radical (unpaired) electrons. The van der Waals surface area contributed by atoms with Crippen LogP contribution >= 0.6 is 0 Å². The molecular weight excluding hydrogens is 370 g/mol. The van der Waals surface area contributed by atoms with E-state index in [9.17, 15) is 8.42 Å². The van der Waals surface area contributed by atoms with E-state index in [-0.39, 0.29) is 11.5 Å². The first-order valence-electron chi connectivity index (χ1n) is 9.81. The normalized spacial score (nSPS) is 13.1. The van der Waals surface area contributed by atoms with Gasteiger partial charge in [-0.2, -0.15) is 0 Å². The number of nitrogens with zero attached hydrogens (tertiary/aromatic N) is 1. The Morgan fingerprint density at radius 3 is 2.29 bits per heavy atom. The van der Waals surface area contributed by atoms with Gasteiger partial charge in [-0.15, -0.1) is 0 Å². The molecule has 0 aliphatic rings. The number of hydrogen-bond donors (Lipinski definition) is 2. The van der Waals surface area contributed by atoms with Gasteiger partial charge >= 0.3 is 0 Å². The predicted octanol–water partition coefficient (Wildman–Crippen LogP) is 3.35. The monoisotopic (exact) mass is 401 g/mol. The Kier molecular flexibility index (Phi) is 9.01. The number of sulfone groups is 1. The summed E-state index contributed by atoms with van der Waals surface area (Å²) in [4.78, 5) is 4.64. The van der Waals surface area contributed by atoms with E-state index in [1.807, 2.05) is 55.5 Å². The molecule has 0 aromatic heterocycles. The van der Waals surface area contributed by atoms with E-state index in [1.165, 1.54) is 5.56 Å². The van der Waals surface area contributed by atoms with Crippen LogP contribution in [0.25, 0.3) is 0 Å². The fraction of sp³-hybridized carbons (Fsp3) is 0.409. The van der Waals surface area contributed by atoms with Crippen molar-refractivity contribution in [3.05, 3.63) is 71.8 Å². The highest BCUT2D eigenvalue weighted by Crippen LogP contribution is 2.14. The number of benzene rings is 2. The zero-order chi connectivity index (χ0) is 20.2. The number of guanidine groups is 1. The molecule has 0 saturated carbocycles. The minimum Gasteiger partial charge on any atom is -0.357 e. The first-order valence-corrected chi connectivity index (χ1v) is 11.6. The van der Waals surface area contributed by atoms with Crippen LogP contribution in [0.5, 0.6) is 0 Å². The van der Waals surface area contributed by atoms with Crippen LogP contribution in [0.4, 0.5) is 0 Å². The van der Waals surface area contributed by atoms with E-state index in [4.69, 9.17) is 0 Å². The van der Waals surface area contributed by atoms with E-state index in [1.54, 1.807) is 0 Å². The molecule has 0 saturated heterocycles. The number of aliphatic imine (C=N–C) groups is 1. The maximum Gasteiger partial charge on any atom is 0.191 e. The van der Waals surface area contributed by atoms with Gasteiger partial charge in [-0.3, -0.25) is 4.99 Å². The summed E-state index contributed by atoms with van der Waals surface area (Å²) in [5.74, 6) is 1.30. The lowest BCUT2D eigenvalue weighted by Gasteiger charge is -2.14. The van der Waals surface area contributed by atoms with Crippen LogP contribution in [-0.2, 0) is 15.6 Å². The highest BCUT2D eigenvalue weighted by atomic mass is 32.2.